The highest BCUT2D eigenvalue weighted by Gasteiger charge is 2.15. The summed E-state index contributed by atoms with van der Waals surface area (Å²) < 4.78 is 5.14. The van der Waals surface area contributed by atoms with Gasteiger partial charge >= 0.3 is 0 Å². The normalized spacial score (nSPS) is 11.7. The summed E-state index contributed by atoms with van der Waals surface area (Å²) in [7, 11) is 2.00. The Bertz CT molecular complexity index is 967. The monoisotopic (exact) mass is 412 g/mol. The van der Waals surface area contributed by atoms with Gasteiger partial charge in [-0.15, -0.1) is 11.3 Å². The second-order valence-electron chi connectivity index (χ2n) is 6.76. The van der Waals surface area contributed by atoms with Crippen LogP contribution in [-0.4, -0.2) is 36.4 Å². The zero-order chi connectivity index (χ0) is 20.8. The first kappa shape index (κ1) is 20.6. The van der Waals surface area contributed by atoms with Gasteiger partial charge in [0.2, 0.25) is 5.91 Å². The highest BCUT2D eigenvalue weighted by molar-refractivity contribution is 7.14. The van der Waals surface area contributed by atoms with Gasteiger partial charge in [-0.1, -0.05) is 18.2 Å². The van der Waals surface area contributed by atoms with Crippen LogP contribution in [0.15, 0.2) is 52.5 Å². The maximum absolute atomic E-state index is 12.3. The lowest BCUT2D eigenvalue weighted by Gasteiger charge is -2.27. The number of carbonyl (C=O) groups is 2. The quantitative estimate of drug-likeness (QED) is 0.591. The van der Waals surface area contributed by atoms with Gasteiger partial charge in [0.1, 0.15) is 5.76 Å². The third-order valence-corrected chi connectivity index (χ3v) is 5.44. The van der Waals surface area contributed by atoms with E-state index in [0.717, 1.165) is 5.69 Å². The van der Waals surface area contributed by atoms with Crippen molar-refractivity contribution in [3.8, 4) is 0 Å². The fourth-order valence-corrected chi connectivity index (χ4v) is 3.48. The van der Waals surface area contributed by atoms with Crippen LogP contribution in [0, 0.1) is 6.92 Å². The second kappa shape index (κ2) is 9.38. The zero-order valence-electron chi connectivity index (χ0n) is 16.6. The van der Waals surface area contributed by atoms with Gasteiger partial charge in [0.15, 0.2) is 5.13 Å². The first-order chi connectivity index (χ1) is 13.9. The molecule has 1 aromatic carbocycles. The van der Waals surface area contributed by atoms with Crippen LogP contribution in [-0.2, 0) is 11.2 Å². The summed E-state index contributed by atoms with van der Waals surface area (Å²) in [5.74, 6) is 0.166. The zero-order valence-corrected chi connectivity index (χ0v) is 17.5. The Kier molecular flexibility index (Phi) is 6.66. The number of likely N-dealkylation sites (N-methyl/N-ethyl adjacent to an activating group) is 1. The van der Waals surface area contributed by atoms with E-state index in [1.54, 1.807) is 18.4 Å². The first-order valence-corrected chi connectivity index (χ1v) is 10.2. The number of nitrogens with zero attached hydrogens (tertiary/aromatic N) is 2. The molecule has 29 heavy (non-hydrogen) atoms. The Morgan fingerprint density at radius 2 is 2.00 bits per heavy atom. The van der Waals surface area contributed by atoms with E-state index in [0.29, 0.717) is 28.7 Å². The number of rotatable bonds is 8. The number of aryl methyl sites for hydroxylation is 1. The average Bonchev–Trinajstić information content (AvgIpc) is 3.34. The minimum absolute atomic E-state index is 0.104. The van der Waals surface area contributed by atoms with Gasteiger partial charge in [-0.05, 0) is 32.0 Å². The highest BCUT2D eigenvalue weighted by Crippen LogP contribution is 2.18. The third-order valence-electron chi connectivity index (χ3n) is 4.64. The van der Waals surface area contributed by atoms with E-state index >= 15 is 0 Å². The van der Waals surface area contributed by atoms with E-state index in [-0.39, 0.29) is 24.3 Å². The number of furan rings is 1. The molecule has 0 fully saturated rings. The number of aromatic nitrogens is 1. The summed E-state index contributed by atoms with van der Waals surface area (Å²) in [6, 6.07) is 11.8. The largest absolute Gasteiger partial charge is 0.469 e. The molecule has 0 aliphatic rings. The maximum atomic E-state index is 12.3. The standard InChI is InChI=1S/C21H24N4O3S/c1-14(25(3)17-7-5-4-6-8-17)12-22-19(26)11-16-13-29-21(23-16)24-20(27)18-9-10-28-15(18)2/h4-10,13-14H,11-12H2,1-3H3,(H,22,26)(H,23,24,27)/t14-/m1/s1. The number of nitrogens with one attached hydrogen (secondary N) is 2. The molecule has 8 heteroatoms. The van der Waals surface area contributed by atoms with E-state index in [2.05, 4.69) is 27.4 Å². The summed E-state index contributed by atoms with van der Waals surface area (Å²) in [6.07, 6.45) is 1.64. The third kappa shape index (κ3) is 5.45. The minimum atomic E-state index is -0.278. The van der Waals surface area contributed by atoms with E-state index in [1.165, 1.54) is 17.6 Å². The van der Waals surface area contributed by atoms with Crippen LogP contribution >= 0.6 is 11.3 Å². The van der Waals surface area contributed by atoms with Crippen molar-refractivity contribution in [2.75, 3.05) is 23.8 Å². The highest BCUT2D eigenvalue weighted by atomic mass is 32.1. The van der Waals surface area contributed by atoms with Crippen molar-refractivity contribution < 1.29 is 14.0 Å². The fraction of sp³-hybridized carbons (Fsp3) is 0.286. The molecule has 1 atom stereocenters. The molecule has 7 nitrogen and oxygen atoms in total. The molecule has 3 aromatic rings. The van der Waals surface area contributed by atoms with Gasteiger partial charge in [0, 0.05) is 30.7 Å². The molecule has 0 aliphatic carbocycles. The number of carbonyl (C=O) groups excluding carboxylic acids is 2. The molecule has 0 spiro atoms. The average molecular weight is 413 g/mol. The van der Waals surface area contributed by atoms with Gasteiger partial charge in [0.25, 0.3) is 5.91 Å². The molecular weight excluding hydrogens is 388 g/mol. The first-order valence-electron chi connectivity index (χ1n) is 9.28. The molecule has 2 heterocycles. The molecular formula is C21H24N4O3S. The summed E-state index contributed by atoms with van der Waals surface area (Å²) in [6.45, 7) is 4.31. The lowest BCUT2D eigenvalue weighted by Crippen LogP contribution is -2.40. The Balaban J connectivity index is 1.47. The van der Waals surface area contributed by atoms with E-state index in [1.807, 2.05) is 37.4 Å². The van der Waals surface area contributed by atoms with Crippen molar-refractivity contribution in [3.05, 3.63) is 65.1 Å². The Labute approximate surface area is 173 Å². The van der Waals surface area contributed by atoms with Gasteiger partial charge in [-0.25, -0.2) is 4.98 Å². The molecule has 0 unspecified atom stereocenters. The molecule has 0 bridgehead atoms. The van der Waals surface area contributed by atoms with Crippen molar-refractivity contribution in [2.24, 2.45) is 0 Å². The fourth-order valence-electron chi connectivity index (χ4n) is 2.77. The van der Waals surface area contributed by atoms with E-state index < -0.39 is 0 Å². The smallest absolute Gasteiger partial charge is 0.260 e. The predicted octanol–water partition coefficient (Wildman–Crippen LogP) is 3.48. The summed E-state index contributed by atoms with van der Waals surface area (Å²) in [4.78, 5) is 30.9. The van der Waals surface area contributed by atoms with Crippen LogP contribution in [0.1, 0.15) is 28.7 Å². The number of hydrogen-bond donors (Lipinski definition) is 2. The van der Waals surface area contributed by atoms with E-state index in [9.17, 15) is 9.59 Å². The number of benzene rings is 1. The maximum Gasteiger partial charge on any atom is 0.260 e. The second-order valence-corrected chi connectivity index (χ2v) is 7.62. The number of amides is 2. The van der Waals surface area contributed by atoms with Gasteiger partial charge in [-0.3, -0.25) is 14.9 Å². The lowest BCUT2D eigenvalue weighted by molar-refractivity contribution is -0.120. The van der Waals surface area contributed by atoms with Crippen LogP contribution in [0.3, 0.4) is 0 Å². The van der Waals surface area contributed by atoms with Gasteiger partial charge < -0.3 is 14.6 Å². The number of hydrogen-bond acceptors (Lipinski definition) is 6. The Morgan fingerprint density at radius 3 is 2.69 bits per heavy atom. The SMILES string of the molecule is Cc1occc1C(=O)Nc1nc(CC(=O)NC[C@@H](C)N(C)c2ccccc2)cs1. The van der Waals surface area contributed by atoms with Crippen LogP contribution in [0.25, 0.3) is 0 Å². The molecule has 0 saturated carbocycles. The van der Waals surface area contributed by atoms with Crippen molar-refractivity contribution in [1.82, 2.24) is 10.3 Å². The summed E-state index contributed by atoms with van der Waals surface area (Å²) >= 11 is 1.29. The van der Waals surface area contributed by atoms with Crippen molar-refractivity contribution in [3.63, 3.8) is 0 Å². The Hall–Kier alpha value is -3.13. The van der Waals surface area contributed by atoms with Crippen LogP contribution < -0.4 is 15.5 Å². The Morgan fingerprint density at radius 1 is 1.24 bits per heavy atom. The topological polar surface area (TPSA) is 87.5 Å². The van der Waals surface area contributed by atoms with Crippen molar-refractivity contribution in [1.29, 1.82) is 0 Å². The molecule has 0 aliphatic heterocycles. The number of anilines is 2. The van der Waals surface area contributed by atoms with Crippen molar-refractivity contribution in [2.45, 2.75) is 26.3 Å². The molecule has 2 amide bonds. The van der Waals surface area contributed by atoms with Crippen molar-refractivity contribution >= 4 is 34.0 Å². The van der Waals surface area contributed by atoms with Crippen LogP contribution in [0.2, 0.25) is 0 Å². The van der Waals surface area contributed by atoms with Gasteiger partial charge in [0.05, 0.1) is 23.9 Å². The molecule has 0 radical (unpaired) electrons. The minimum Gasteiger partial charge on any atom is -0.469 e. The number of para-hydroxylation sites is 1. The van der Waals surface area contributed by atoms with E-state index in [4.69, 9.17) is 4.42 Å². The summed E-state index contributed by atoms with van der Waals surface area (Å²) in [5, 5.41) is 7.91. The molecule has 3 rings (SSSR count). The van der Waals surface area contributed by atoms with Crippen LogP contribution in [0.4, 0.5) is 10.8 Å². The number of thiazole rings is 1. The molecule has 152 valence electrons. The lowest BCUT2D eigenvalue weighted by atomic mass is 10.2. The summed E-state index contributed by atoms with van der Waals surface area (Å²) in [5.41, 5.74) is 2.19. The predicted molar refractivity (Wildman–Crippen MR) is 115 cm³/mol. The molecule has 2 N–H and O–H groups in total. The molecule has 0 saturated heterocycles. The molecule has 2 aromatic heterocycles. The van der Waals surface area contributed by atoms with Gasteiger partial charge in [-0.2, -0.15) is 0 Å². The van der Waals surface area contributed by atoms with Crippen LogP contribution in [0.5, 0.6) is 0 Å².